The van der Waals surface area contributed by atoms with Crippen LogP contribution in [-0.4, -0.2) is 46.9 Å². The third kappa shape index (κ3) is 5.02. The topological polar surface area (TPSA) is 125 Å². The fraction of sp³-hybridized carbons (Fsp3) is 0.222. The highest BCUT2D eigenvalue weighted by atomic mass is 16.5. The monoisotopic (exact) mass is 474 g/mol. The first-order valence-electron chi connectivity index (χ1n) is 11.2. The van der Waals surface area contributed by atoms with Gasteiger partial charge in [0.15, 0.2) is 6.04 Å². The standard InChI is InChI=1S/C27H26N2O6/c1-15-13-17(25(31)29-24(16(2)30)26(32)33)11-12-23(15)28-27(34)35-14-22-20-9-5-3-7-18(20)19-8-4-6-10-21(19)22/h3-13,16,22,24,30H,14H2,1-2H3,(H,28,34)(H,29,31)(H,32,33)/t16-,24+/m1/s1. The third-order valence-corrected chi connectivity index (χ3v) is 6.10. The van der Waals surface area contributed by atoms with E-state index in [2.05, 4.69) is 22.8 Å². The van der Waals surface area contributed by atoms with Crippen LogP contribution in [-0.2, 0) is 9.53 Å². The van der Waals surface area contributed by atoms with Gasteiger partial charge >= 0.3 is 12.1 Å². The van der Waals surface area contributed by atoms with Crippen molar-refractivity contribution < 1.29 is 29.3 Å². The number of anilines is 1. The number of aliphatic hydroxyl groups is 1. The highest BCUT2D eigenvalue weighted by molar-refractivity contribution is 5.98. The lowest BCUT2D eigenvalue weighted by atomic mass is 9.98. The van der Waals surface area contributed by atoms with E-state index in [4.69, 9.17) is 9.84 Å². The number of hydrogen-bond donors (Lipinski definition) is 4. The largest absolute Gasteiger partial charge is 0.480 e. The minimum absolute atomic E-state index is 0.0589. The van der Waals surface area contributed by atoms with E-state index in [1.807, 2.05) is 36.4 Å². The minimum Gasteiger partial charge on any atom is -0.480 e. The summed E-state index contributed by atoms with van der Waals surface area (Å²) in [5.41, 5.74) is 5.77. The Kier molecular flexibility index (Phi) is 6.84. The molecule has 4 rings (SSSR count). The Morgan fingerprint density at radius 3 is 2.11 bits per heavy atom. The zero-order valence-electron chi connectivity index (χ0n) is 19.3. The molecule has 0 aromatic heterocycles. The van der Waals surface area contributed by atoms with Crippen LogP contribution in [0.1, 0.15) is 39.9 Å². The molecule has 0 heterocycles. The fourth-order valence-electron chi connectivity index (χ4n) is 4.30. The number of carboxylic acids is 1. The predicted octanol–water partition coefficient (Wildman–Crippen LogP) is 3.92. The lowest BCUT2D eigenvalue weighted by Crippen LogP contribution is -2.47. The molecular formula is C27H26N2O6. The van der Waals surface area contributed by atoms with Gasteiger partial charge in [0.25, 0.3) is 5.91 Å². The van der Waals surface area contributed by atoms with Crippen molar-refractivity contribution in [1.82, 2.24) is 5.32 Å². The van der Waals surface area contributed by atoms with E-state index >= 15 is 0 Å². The molecule has 3 aromatic rings. The first-order valence-corrected chi connectivity index (χ1v) is 11.2. The molecule has 1 aliphatic rings. The third-order valence-electron chi connectivity index (χ3n) is 6.10. The number of aryl methyl sites for hydroxylation is 1. The SMILES string of the molecule is Cc1cc(C(=O)N[C@H](C(=O)O)[C@@H](C)O)ccc1NC(=O)OCC1c2ccccc2-c2ccccc21. The summed E-state index contributed by atoms with van der Waals surface area (Å²) in [7, 11) is 0. The van der Waals surface area contributed by atoms with Gasteiger partial charge in [-0.2, -0.15) is 0 Å². The highest BCUT2D eigenvalue weighted by Crippen LogP contribution is 2.44. The Balaban J connectivity index is 1.40. The summed E-state index contributed by atoms with van der Waals surface area (Å²) >= 11 is 0. The van der Waals surface area contributed by atoms with Crippen molar-refractivity contribution in [3.63, 3.8) is 0 Å². The van der Waals surface area contributed by atoms with Gasteiger partial charge in [0.05, 0.1) is 6.10 Å². The number of benzene rings is 3. The summed E-state index contributed by atoms with van der Waals surface area (Å²) in [5, 5.41) is 23.7. The first kappa shape index (κ1) is 24.0. The van der Waals surface area contributed by atoms with Crippen LogP contribution in [0.2, 0.25) is 0 Å². The van der Waals surface area contributed by atoms with Gasteiger partial charge in [-0.15, -0.1) is 0 Å². The van der Waals surface area contributed by atoms with Gasteiger partial charge < -0.3 is 20.3 Å². The van der Waals surface area contributed by atoms with Crippen LogP contribution >= 0.6 is 0 Å². The molecule has 2 atom stereocenters. The molecule has 3 aromatic carbocycles. The van der Waals surface area contributed by atoms with Gasteiger partial charge in [-0.05, 0) is 59.9 Å². The number of rotatable bonds is 7. The zero-order chi connectivity index (χ0) is 25.1. The van der Waals surface area contributed by atoms with Gasteiger partial charge in [0.2, 0.25) is 0 Å². The molecule has 0 bridgehead atoms. The lowest BCUT2D eigenvalue weighted by molar-refractivity contribution is -0.141. The van der Waals surface area contributed by atoms with E-state index in [0.717, 1.165) is 22.3 Å². The highest BCUT2D eigenvalue weighted by Gasteiger charge is 2.29. The first-order chi connectivity index (χ1) is 16.8. The molecule has 180 valence electrons. The predicted molar refractivity (Wildman–Crippen MR) is 130 cm³/mol. The molecule has 0 unspecified atom stereocenters. The van der Waals surface area contributed by atoms with Crippen LogP contribution in [0.25, 0.3) is 11.1 Å². The number of carboxylic acid groups (broad SMARTS) is 1. The molecule has 0 saturated heterocycles. The van der Waals surface area contributed by atoms with Crippen molar-refractivity contribution in [2.45, 2.75) is 31.9 Å². The molecule has 0 saturated carbocycles. The van der Waals surface area contributed by atoms with E-state index in [1.165, 1.54) is 19.1 Å². The molecule has 0 radical (unpaired) electrons. The molecule has 1 aliphatic carbocycles. The molecule has 0 aliphatic heterocycles. The van der Waals surface area contributed by atoms with Crippen molar-refractivity contribution in [2.24, 2.45) is 0 Å². The summed E-state index contributed by atoms with van der Waals surface area (Å²) in [6, 6.07) is 19.2. The fourth-order valence-corrected chi connectivity index (χ4v) is 4.30. The van der Waals surface area contributed by atoms with Crippen molar-refractivity contribution in [3.8, 4) is 11.1 Å². The quantitative estimate of drug-likeness (QED) is 0.411. The Bertz CT molecular complexity index is 1240. The molecule has 4 N–H and O–H groups in total. The van der Waals surface area contributed by atoms with Crippen LogP contribution < -0.4 is 10.6 Å². The second-order valence-electron chi connectivity index (χ2n) is 8.51. The Labute approximate surface area is 202 Å². The molecule has 8 heteroatoms. The maximum absolute atomic E-state index is 12.6. The number of nitrogens with one attached hydrogen (secondary N) is 2. The van der Waals surface area contributed by atoms with Gasteiger partial charge in [-0.25, -0.2) is 9.59 Å². The van der Waals surface area contributed by atoms with Crippen molar-refractivity contribution in [1.29, 1.82) is 0 Å². The smallest absolute Gasteiger partial charge is 0.411 e. The van der Waals surface area contributed by atoms with Crippen LogP contribution in [0.5, 0.6) is 0 Å². The summed E-state index contributed by atoms with van der Waals surface area (Å²) in [4.78, 5) is 36.2. The number of carbonyl (C=O) groups excluding carboxylic acids is 2. The maximum Gasteiger partial charge on any atom is 0.411 e. The van der Waals surface area contributed by atoms with Crippen molar-refractivity contribution in [2.75, 3.05) is 11.9 Å². The molecule has 8 nitrogen and oxygen atoms in total. The van der Waals surface area contributed by atoms with Crippen molar-refractivity contribution in [3.05, 3.63) is 89.0 Å². The Morgan fingerprint density at radius 2 is 1.57 bits per heavy atom. The molecule has 0 spiro atoms. The summed E-state index contributed by atoms with van der Waals surface area (Å²) in [5.74, 6) is -2.04. The summed E-state index contributed by atoms with van der Waals surface area (Å²) < 4.78 is 5.56. The van der Waals surface area contributed by atoms with Crippen LogP contribution in [0.15, 0.2) is 66.7 Å². The van der Waals surface area contributed by atoms with Gasteiger partial charge in [0.1, 0.15) is 6.61 Å². The number of fused-ring (bicyclic) bond motifs is 3. The average molecular weight is 475 g/mol. The average Bonchev–Trinajstić information content (AvgIpc) is 3.15. The minimum atomic E-state index is -1.43. The van der Waals surface area contributed by atoms with E-state index < -0.39 is 30.1 Å². The van der Waals surface area contributed by atoms with Gasteiger partial charge in [-0.1, -0.05) is 48.5 Å². The van der Waals surface area contributed by atoms with E-state index in [9.17, 15) is 19.5 Å². The zero-order valence-corrected chi connectivity index (χ0v) is 19.3. The van der Waals surface area contributed by atoms with E-state index in [1.54, 1.807) is 13.0 Å². The number of carbonyl (C=O) groups is 3. The Hall–Kier alpha value is -4.17. The van der Waals surface area contributed by atoms with Crippen LogP contribution in [0.3, 0.4) is 0 Å². The Morgan fingerprint density at radius 1 is 0.971 bits per heavy atom. The van der Waals surface area contributed by atoms with Gasteiger partial charge in [0, 0.05) is 17.2 Å². The number of aliphatic carboxylic acids is 1. The normalized spacial score (nSPS) is 13.8. The number of aliphatic hydroxyl groups excluding tert-OH is 1. The lowest BCUT2D eigenvalue weighted by Gasteiger charge is -2.18. The molecule has 0 fully saturated rings. The molecular weight excluding hydrogens is 448 g/mol. The number of ether oxygens (including phenoxy) is 1. The van der Waals surface area contributed by atoms with Crippen LogP contribution in [0, 0.1) is 6.92 Å². The van der Waals surface area contributed by atoms with E-state index in [-0.39, 0.29) is 18.1 Å². The molecule has 2 amide bonds. The van der Waals surface area contributed by atoms with Crippen molar-refractivity contribution >= 4 is 23.7 Å². The molecule has 35 heavy (non-hydrogen) atoms. The summed E-state index contributed by atoms with van der Waals surface area (Å²) in [6.07, 6.45) is -1.88. The maximum atomic E-state index is 12.6. The second-order valence-corrected chi connectivity index (χ2v) is 8.51. The number of hydrogen-bond acceptors (Lipinski definition) is 5. The van der Waals surface area contributed by atoms with E-state index in [0.29, 0.717) is 11.3 Å². The number of amides is 2. The van der Waals surface area contributed by atoms with Crippen LogP contribution in [0.4, 0.5) is 10.5 Å². The summed E-state index contributed by atoms with van der Waals surface area (Å²) in [6.45, 7) is 3.17. The van der Waals surface area contributed by atoms with Gasteiger partial charge in [-0.3, -0.25) is 10.1 Å². The second kappa shape index (κ2) is 9.99.